The summed E-state index contributed by atoms with van der Waals surface area (Å²) in [5.41, 5.74) is 0.489. The third-order valence-corrected chi connectivity index (χ3v) is 3.24. The molecule has 0 saturated heterocycles. The molecule has 4 nitrogen and oxygen atoms in total. The molecule has 4 heteroatoms. The van der Waals surface area contributed by atoms with Gasteiger partial charge in [-0.1, -0.05) is 19.1 Å². The summed E-state index contributed by atoms with van der Waals surface area (Å²) in [4.78, 5) is 0. The number of hydrogen-bond donors (Lipinski definition) is 3. The van der Waals surface area contributed by atoms with E-state index >= 15 is 0 Å². The fourth-order valence-corrected chi connectivity index (χ4v) is 1.76. The molecule has 1 aromatic rings. The molecule has 0 fully saturated rings. The topological polar surface area (TPSA) is 61.7 Å². The van der Waals surface area contributed by atoms with Crippen molar-refractivity contribution in [2.75, 3.05) is 13.2 Å². The van der Waals surface area contributed by atoms with Crippen LogP contribution in [0.25, 0.3) is 0 Å². The molecule has 0 aliphatic carbocycles. The number of aliphatic hydroxyl groups excluding tert-OH is 2. The molecule has 1 aromatic carbocycles. The molecular formula is C15H25NO3. The maximum absolute atomic E-state index is 9.36. The first kappa shape index (κ1) is 16.0. The predicted octanol–water partition coefficient (Wildman–Crippen LogP) is 1.70. The van der Waals surface area contributed by atoms with Crippen molar-refractivity contribution >= 4 is 0 Å². The van der Waals surface area contributed by atoms with Crippen LogP contribution in [-0.4, -0.2) is 35.1 Å². The van der Waals surface area contributed by atoms with E-state index in [2.05, 4.69) is 5.32 Å². The Balaban J connectivity index is 2.58. The number of nitrogens with one attached hydrogen (secondary N) is 1. The molecule has 3 N–H and O–H groups in total. The van der Waals surface area contributed by atoms with Crippen LogP contribution in [0.5, 0.6) is 5.75 Å². The summed E-state index contributed by atoms with van der Waals surface area (Å²) in [5.74, 6) is 0.852. The standard InChI is InChI=1S/C15H25NO3/c1-4-15(10-17,11-18)16-9-13-5-7-14(8-6-13)19-12(2)3/h5-8,12,16-18H,4,9-11H2,1-3H3. The van der Waals surface area contributed by atoms with Crippen LogP contribution in [0, 0.1) is 0 Å². The van der Waals surface area contributed by atoms with Crippen LogP contribution in [0.15, 0.2) is 24.3 Å². The molecule has 19 heavy (non-hydrogen) atoms. The van der Waals surface area contributed by atoms with E-state index in [1.54, 1.807) is 0 Å². The fraction of sp³-hybridized carbons (Fsp3) is 0.600. The lowest BCUT2D eigenvalue weighted by Crippen LogP contribution is -2.50. The monoisotopic (exact) mass is 267 g/mol. The third-order valence-electron chi connectivity index (χ3n) is 3.24. The molecule has 1 rings (SSSR count). The van der Waals surface area contributed by atoms with E-state index in [-0.39, 0.29) is 19.3 Å². The molecule has 0 atom stereocenters. The van der Waals surface area contributed by atoms with Gasteiger partial charge in [0, 0.05) is 6.54 Å². The predicted molar refractivity (Wildman–Crippen MR) is 76.2 cm³/mol. The number of rotatable bonds is 8. The van der Waals surface area contributed by atoms with E-state index < -0.39 is 5.54 Å². The van der Waals surface area contributed by atoms with Gasteiger partial charge in [-0.25, -0.2) is 0 Å². The first-order valence-electron chi connectivity index (χ1n) is 6.77. The average Bonchev–Trinajstić information content (AvgIpc) is 2.42. The average molecular weight is 267 g/mol. The van der Waals surface area contributed by atoms with Gasteiger partial charge in [0.2, 0.25) is 0 Å². The second-order valence-electron chi connectivity index (χ2n) is 5.11. The summed E-state index contributed by atoms with van der Waals surface area (Å²) in [5, 5.41) is 21.9. The largest absolute Gasteiger partial charge is 0.491 e. The van der Waals surface area contributed by atoms with Crippen molar-refractivity contribution in [3.8, 4) is 5.75 Å². The summed E-state index contributed by atoms with van der Waals surface area (Å²) >= 11 is 0. The van der Waals surface area contributed by atoms with E-state index in [0.29, 0.717) is 13.0 Å². The maximum atomic E-state index is 9.36. The molecule has 108 valence electrons. The smallest absolute Gasteiger partial charge is 0.119 e. The van der Waals surface area contributed by atoms with E-state index in [1.165, 1.54) is 0 Å². The first-order valence-corrected chi connectivity index (χ1v) is 6.77. The quantitative estimate of drug-likeness (QED) is 0.671. The van der Waals surface area contributed by atoms with Gasteiger partial charge in [-0.15, -0.1) is 0 Å². The summed E-state index contributed by atoms with van der Waals surface area (Å²) in [6, 6.07) is 7.84. The Labute approximate surface area is 115 Å². The zero-order valence-electron chi connectivity index (χ0n) is 12.0. The highest BCUT2D eigenvalue weighted by Gasteiger charge is 2.25. The minimum atomic E-state index is -0.604. The van der Waals surface area contributed by atoms with Gasteiger partial charge in [0.25, 0.3) is 0 Å². The number of benzene rings is 1. The highest BCUT2D eigenvalue weighted by molar-refractivity contribution is 5.27. The minimum Gasteiger partial charge on any atom is -0.491 e. The van der Waals surface area contributed by atoms with Gasteiger partial charge in [-0.2, -0.15) is 0 Å². The van der Waals surface area contributed by atoms with Crippen molar-refractivity contribution in [2.24, 2.45) is 0 Å². The van der Waals surface area contributed by atoms with Crippen molar-refractivity contribution < 1.29 is 14.9 Å². The van der Waals surface area contributed by atoms with E-state index in [0.717, 1.165) is 11.3 Å². The number of ether oxygens (including phenoxy) is 1. The Bertz CT molecular complexity index is 350. The van der Waals surface area contributed by atoms with E-state index in [1.807, 2.05) is 45.0 Å². The fourth-order valence-electron chi connectivity index (χ4n) is 1.76. The summed E-state index contributed by atoms with van der Waals surface area (Å²) < 4.78 is 5.58. The highest BCUT2D eigenvalue weighted by atomic mass is 16.5. The molecule has 0 heterocycles. The highest BCUT2D eigenvalue weighted by Crippen LogP contribution is 2.15. The minimum absolute atomic E-state index is 0.0749. The van der Waals surface area contributed by atoms with Gasteiger partial charge < -0.3 is 20.3 Å². The Morgan fingerprint density at radius 3 is 2.16 bits per heavy atom. The molecule has 0 amide bonds. The zero-order valence-corrected chi connectivity index (χ0v) is 12.0. The van der Waals surface area contributed by atoms with Crippen LogP contribution >= 0.6 is 0 Å². The number of hydrogen-bond acceptors (Lipinski definition) is 4. The Kier molecular flexibility index (Phi) is 6.28. The van der Waals surface area contributed by atoms with E-state index in [4.69, 9.17) is 4.74 Å². The lowest BCUT2D eigenvalue weighted by Gasteiger charge is -2.30. The summed E-state index contributed by atoms with van der Waals surface area (Å²) in [6.07, 6.45) is 0.842. The second-order valence-corrected chi connectivity index (χ2v) is 5.11. The third kappa shape index (κ3) is 4.82. The number of aliphatic hydroxyl groups is 2. The van der Waals surface area contributed by atoms with Crippen molar-refractivity contribution in [1.82, 2.24) is 5.32 Å². The molecular weight excluding hydrogens is 242 g/mol. The summed E-state index contributed by atoms with van der Waals surface area (Å²) in [7, 11) is 0. The van der Waals surface area contributed by atoms with Gasteiger partial charge in [0.1, 0.15) is 5.75 Å². The maximum Gasteiger partial charge on any atom is 0.119 e. The molecule has 0 aliphatic heterocycles. The van der Waals surface area contributed by atoms with Crippen LogP contribution in [-0.2, 0) is 6.54 Å². The molecule has 0 unspecified atom stereocenters. The molecule has 0 aromatic heterocycles. The molecule has 0 bridgehead atoms. The van der Waals surface area contributed by atoms with E-state index in [9.17, 15) is 10.2 Å². The van der Waals surface area contributed by atoms with Gasteiger partial charge in [-0.05, 0) is 38.0 Å². The van der Waals surface area contributed by atoms with Crippen LogP contribution in [0.1, 0.15) is 32.8 Å². The zero-order chi connectivity index (χ0) is 14.3. The van der Waals surface area contributed by atoms with Crippen LogP contribution in [0.3, 0.4) is 0 Å². The molecule has 0 spiro atoms. The van der Waals surface area contributed by atoms with Crippen LogP contribution < -0.4 is 10.1 Å². The van der Waals surface area contributed by atoms with Crippen molar-refractivity contribution in [3.63, 3.8) is 0 Å². The SMILES string of the molecule is CCC(CO)(CO)NCc1ccc(OC(C)C)cc1. The van der Waals surface area contributed by atoms with Crippen molar-refractivity contribution in [1.29, 1.82) is 0 Å². The lowest BCUT2D eigenvalue weighted by atomic mass is 9.98. The van der Waals surface area contributed by atoms with Crippen LogP contribution in [0.4, 0.5) is 0 Å². The van der Waals surface area contributed by atoms with Gasteiger partial charge in [0.05, 0.1) is 24.9 Å². The Morgan fingerprint density at radius 2 is 1.74 bits per heavy atom. The Morgan fingerprint density at radius 1 is 1.16 bits per heavy atom. The first-order chi connectivity index (χ1) is 9.05. The van der Waals surface area contributed by atoms with Gasteiger partial charge >= 0.3 is 0 Å². The Hall–Kier alpha value is -1.10. The van der Waals surface area contributed by atoms with Crippen molar-refractivity contribution in [2.45, 2.75) is 45.4 Å². The van der Waals surface area contributed by atoms with Crippen molar-refractivity contribution in [3.05, 3.63) is 29.8 Å². The molecule has 0 aliphatic rings. The normalized spacial score (nSPS) is 11.9. The molecule has 0 saturated carbocycles. The lowest BCUT2D eigenvalue weighted by molar-refractivity contribution is 0.0864. The molecule has 0 radical (unpaired) electrons. The summed E-state index contributed by atoms with van der Waals surface area (Å²) in [6.45, 7) is 6.39. The van der Waals surface area contributed by atoms with Gasteiger partial charge in [0.15, 0.2) is 0 Å². The van der Waals surface area contributed by atoms with Crippen LogP contribution in [0.2, 0.25) is 0 Å². The van der Waals surface area contributed by atoms with Gasteiger partial charge in [-0.3, -0.25) is 0 Å². The second kappa shape index (κ2) is 7.48.